The number of halogens is 1. The van der Waals surface area contributed by atoms with Crippen molar-refractivity contribution in [2.75, 3.05) is 0 Å². The SMILES string of the molecule is CC(C)(C)OC(=O)N[C@@H](Cc1ccc(O[Si](C)(C)C(C)(C)C)cc1Cl)C(=O)N1C(=O)c2ccccc2C1=O. The molecule has 204 valence electrons. The molecule has 38 heavy (non-hydrogen) atoms. The van der Waals surface area contributed by atoms with Gasteiger partial charge in [0.2, 0.25) is 8.32 Å². The fraction of sp³-hybridized carbons (Fsp3) is 0.429. The second-order valence-corrected chi connectivity index (χ2v) is 17.0. The van der Waals surface area contributed by atoms with Gasteiger partial charge in [-0.15, -0.1) is 0 Å². The Balaban J connectivity index is 1.90. The number of carbonyl (C=O) groups excluding carboxylic acids is 4. The Morgan fingerprint density at radius 1 is 0.974 bits per heavy atom. The summed E-state index contributed by atoms with van der Waals surface area (Å²) in [5.41, 5.74) is -0.0348. The van der Waals surface area contributed by atoms with Gasteiger partial charge < -0.3 is 14.5 Å². The van der Waals surface area contributed by atoms with Gasteiger partial charge in [-0.3, -0.25) is 14.4 Å². The average molecular weight is 559 g/mol. The first-order chi connectivity index (χ1) is 17.4. The van der Waals surface area contributed by atoms with Gasteiger partial charge in [-0.2, -0.15) is 0 Å². The number of alkyl carbamates (subject to hydrolysis) is 1. The van der Waals surface area contributed by atoms with Gasteiger partial charge in [0.05, 0.1) is 11.1 Å². The third kappa shape index (κ3) is 6.45. The van der Waals surface area contributed by atoms with Crippen LogP contribution in [0.1, 0.15) is 67.8 Å². The van der Waals surface area contributed by atoms with E-state index in [1.54, 1.807) is 51.1 Å². The summed E-state index contributed by atoms with van der Waals surface area (Å²) < 4.78 is 11.7. The third-order valence-corrected chi connectivity index (χ3v) is 11.3. The fourth-order valence-electron chi connectivity index (χ4n) is 3.62. The van der Waals surface area contributed by atoms with Crippen LogP contribution in [0.5, 0.6) is 5.75 Å². The summed E-state index contributed by atoms with van der Waals surface area (Å²) >= 11 is 6.59. The highest BCUT2D eigenvalue weighted by atomic mass is 35.5. The van der Waals surface area contributed by atoms with E-state index in [2.05, 4.69) is 39.2 Å². The molecule has 1 atom stereocenters. The van der Waals surface area contributed by atoms with E-state index in [0.29, 0.717) is 21.2 Å². The number of nitrogens with one attached hydrogen (secondary N) is 1. The molecule has 1 heterocycles. The first-order valence-electron chi connectivity index (χ1n) is 12.4. The van der Waals surface area contributed by atoms with Crippen molar-refractivity contribution in [2.24, 2.45) is 0 Å². The number of ether oxygens (including phenoxy) is 1. The summed E-state index contributed by atoms with van der Waals surface area (Å²) in [7, 11) is -2.11. The molecule has 2 aromatic rings. The molecule has 2 aromatic carbocycles. The molecule has 8 nitrogen and oxygen atoms in total. The van der Waals surface area contributed by atoms with Crippen LogP contribution in [0.15, 0.2) is 42.5 Å². The van der Waals surface area contributed by atoms with E-state index in [0.717, 1.165) is 0 Å². The summed E-state index contributed by atoms with van der Waals surface area (Å²) in [5.74, 6) is -1.75. The highest BCUT2D eigenvalue weighted by Crippen LogP contribution is 2.38. The number of carbonyl (C=O) groups is 4. The lowest BCUT2D eigenvalue weighted by atomic mass is 10.0. The van der Waals surface area contributed by atoms with Gasteiger partial charge in [-0.05, 0) is 68.7 Å². The Morgan fingerprint density at radius 2 is 1.53 bits per heavy atom. The van der Waals surface area contributed by atoms with Crippen molar-refractivity contribution in [3.8, 4) is 5.75 Å². The van der Waals surface area contributed by atoms with Crippen LogP contribution in [-0.2, 0) is 16.0 Å². The predicted molar refractivity (Wildman–Crippen MR) is 148 cm³/mol. The van der Waals surface area contributed by atoms with Crippen molar-refractivity contribution < 1.29 is 28.3 Å². The Morgan fingerprint density at radius 3 is 2.00 bits per heavy atom. The minimum absolute atomic E-state index is 0.0145. The van der Waals surface area contributed by atoms with E-state index in [1.165, 1.54) is 12.1 Å². The first-order valence-corrected chi connectivity index (χ1v) is 15.7. The molecule has 3 rings (SSSR count). The van der Waals surface area contributed by atoms with Gasteiger partial charge in [-0.1, -0.05) is 50.6 Å². The van der Waals surface area contributed by atoms with Crippen LogP contribution in [0.3, 0.4) is 0 Å². The molecule has 1 aliphatic rings. The maximum Gasteiger partial charge on any atom is 0.408 e. The molecule has 0 aliphatic carbocycles. The van der Waals surface area contributed by atoms with Gasteiger partial charge in [0.25, 0.3) is 17.7 Å². The van der Waals surface area contributed by atoms with Crippen molar-refractivity contribution >= 4 is 43.7 Å². The highest BCUT2D eigenvalue weighted by Gasteiger charge is 2.43. The van der Waals surface area contributed by atoms with Crippen LogP contribution in [0.25, 0.3) is 0 Å². The van der Waals surface area contributed by atoms with E-state index in [1.807, 2.05) is 0 Å². The number of hydrogen-bond donors (Lipinski definition) is 1. The zero-order chi connectivity index (χ0) is 28.6. The van der Waals surface area contributed by atoms with E-state index in [4.69, 9.17) is 20.8 Å². The molecule has 1 aliphatic heterocycles. The third-order valence-electron chi connectivity index (χ3n) is 6.63. The number of amides is 4. The summed E-state index contributed by atoms with van der Waals surface area (Å²) in [5, 5.41) is 2.84. The lowest BCUT2D eigenvalue weighted by molar-refractivity contribution is -0.128. The number of benzene rings is 2. The molecule has 1 N–H and O–H groups in total. The Hall–Kier alpha value is -3.17. The van der Waals surface area contributed by atoms with Gasteiger partial charge in [0, 0.05) is 11.4 Å². The zero-order valence-electron chi connectivity index (χ0n) is 23.1. The Bertz CT molecular complexity index is 1240. The van der Waals surface area contributed by atoms with Crippen LogP contribution in [0.4, 0.5) is 4.79 Å². The molecule has 0 bridgehead atoms. The summed E-state index contributed by atoms with van der Waals surface area (Å²) in [6.45, 7) is 15.7. The molecule has 0 aromatic heterocycles. The number of hydrogen-bond acceptors (Lipinski definition) is 6. The molecule has 0 radical (unpaired) electrons. The molecule has 4 amide bonds. The number of rotatable bonds is 6. The second-order valence-electron chi connectivity index (χ2n) is 11.8. The largest absolute Gasteiger partial charge is 0.543 e. The van der Waals surface area contributed by atoms with Crippen LogP contribution < -0.4 is 9.74 Å². The molecule has 10 heteroatoms. The summed E-state index contributed by atoms with van der Waals surface area (Å²) in [6.07, 6.45) is -0.938. The van der Waals surface area contributed by atoms with Gasteiger partial charge in [0.15, 0.2) is 0 Å². The Labute approximate surface area is 229 Å². The molecule has 0 saturated heterocycles. The first kappa shape index (κ1) is 29.4. The van der Waals surface area contributed by atoms with Gasteiger partial charge >= 0.3 is 6.09 Å². The monoisotopic (exact) mass is 558 g/mol. The predicted octanol–water partition coefficient (Wildman–Crippen LogP) is 5.98. The summed E-state index contributed by atoms with van der Waals surface area (Å²) in [4.78, 5) is 52.7. The molecular formula is C28H35ClN2O6Si. The quantitative estimate of drug-likeness (QED) is 0.345. The van der Waals surface area contributed by atoms with Crippen LogP contribution in [-0.4, -0.2) is 48.7 Å². The van der Waals surface area contributed by atoms with Crippen molar-refractivity contribution in [3.05, 3.63) is 64.2 Å². The number of fused-ring (bicyclic) bond motifs is 1. The lowest BCUT2D eigenvalue weighted by Crippen LogP contribution is -2.52. The molecule has 0 fully saturated rings. The number of imide groups is 3. The van der Waals surface area contributed by atoms with Crippen molar-refractivity contribution in [2.45, 2.75) is 77.7 Å². The second kappa shape index (κ2) is 10.5. The van der Waals surface area contributed by atoms with Crippen molar-refractivity contribution in [3.63, 3.8) is 0 Å². The van der Waals surface area contributed by atoms with Crippen LogP contribution >= 0.6 is 11.6 Å². The Kier molecular flexibility index (Phi) is 8.15. The highest BCUT2D eigenvalue weighted by molar-refractivity contribution is 6.74. The van der Waals surface area contributed by atoms with E-state index in [-0.39, 0.29) is 22.6 Å². The fourth-order valence-corrected chi connectivity index (χ4v) is 4.89. The maximum atomic E-state index is 13.6. The van der Waals surface area contributed by atoms with Crippen LogP contribution in [0, 0.1) is 0 Å². The maximum absolute atomic E-state index is 13.6. The minimum atomic E-state index is -2.11. The van der Waals surface area contributed by atoms with Crippen molar-refractivity contribution in [1.82, 2.24) is 10.2 Å². The molecule has 0 spiro atoms. The van der Waals surface area contributed by atoms with E-state index >= 15 is 0 Å². The average Bonchev–Trinajstić information content (AvgIpc) is 3.02. The lowest BCUT2D eigenvalue weighted by Gasteiger charge is -2.36. The van der Waals surface area contributed by atoms with Crippen LogP contribution in [0.2, 0.25) is 23.2 Å². The van der Waals surface area contributed by atoms with E-state index in [9.17, 15) is 19.2 Å². The summed E-state index contributed by atoms with van der Waals surface area (Å²) in [6, 6.07) is 10.0. The minimum Gasteiger partial charge on any atom is -0.543 e. The topological polar surface area (TPSA) is 102 Å². The molecule has 0 unspecified atom stereocenters. The standard InChI is InChI=1S/C28H35ClN2O6Si/c1-27(2,3)36-26(35)30-22(25(34)31-23(32)19-11-9-10-12-20(19)24(31)33)15-17-13-14-18(16-21(17)29)37-38(7,8)28(4,5)6/h9-14,16,22H,15H2,1-8H3,(H,30,35)/t22-/m0/s1. The zero-order valence-corrected chi connectivity index (χ0v) is 24.9. The molecular weight excluding hydrogens is 524 g/mol. The van der Waals surface area contributed by atoms with Gasteiger partial charge in [-0.25, -0.2) is 9.69 Å². The van der Waals surface area contributed by atoms with Gasteiger partial charge in [0.1, 0.15) is 17.4 Å². The van der Waals surface area contributed by atoms with E-state index < -0.39 is 43.8 Å². The molecule has 0 saturated carbocycles. The smallest absolute Gasteiger partial charge is 0.408 e. The normalized spacial score (nSPS) is 14.7. The number of nitrogens with zero attached hydrogens (tertiary/aromatic N) is 1. The van der Waals surface area contributed by atoms with Crippen molar-refractivity contribution in [1.29, 1.82) is 0 Å².